The molecule has 30 heavy (non-hydrogen) atoms. The molecule has 0 saturated carbocycles. The molecule has 0 radical (unpaired) electrons. The molecule has 0 heterocycles. The number of hydrogen-bond donors (Lipinski definition) is 4. The van der Waals surface area contributed by atoms with Crippen LogP contribution in [-0.4, -0.2) is 59.8 Å². The van der Waals surface area contributed by atoms with Gasteiger partial charge in [-0.2, -0.15) is 0 Å². The van der Waals surface area contributed by atoms with Crippen molar-refractivity contribution in [3.63, 3.8) is 0 Å². The zero-order valence-corrected chi connectivity index (χ0v) is 18.5. The van der Waals surface area contributed by atoms with Gasteiger partial charge in [0.25, 0.3) is 0 Å². The predicted molar refractivity (Wildman–Crippen MR) is 114 cm³/mol. The van der Waals surface area contributed by atoms with Crippen LogP contribution >= 0.6 is 0 Å². The molecule has 10 nitrogen and oxygen atoms in total. The summed E-state index contributed by atoms with van der Waals surface area (Å²) in [4.78, 5) is 29.6. The van der Waals surface area contributed by atoms with Gasteiger partial charge in [-0.25, -0.2) is 13.2 Å². The van der Waals surface area contributed by atoms with Gasteiger partial charge in [0.15, 0.2) is 5.96 Å². The molecule has 2 atom stereocenters. The van der Waals surface area contributed by atoms with Crippen LogP contribution in [0.25, 0.3) is 0 Å². The molecule has 11 heteroatoms. The maximum absolute atomic E-state index is 13.2. The highest BCUT2D eigenvalue weighted by Crippen LogP contribution is 2.27. The highest BCUT2D eigenvalue weighted by Gasteiger charge is 2.47. The molecule has 0 unspecified atom stereocenters. The topological polar surface area (TPSA) is 182 Å². The van der Waals surface area contributed by atoms with Crippen LogP contribution in [0.2, 0.25) is 0 Å². The molecular weight excluding hydrogens is 410 g/mol. The lowest BCUT2D eigenvalue weighted by atomic mass is 10.0. The largest absolute Gasteiger partial charge is 0.479 e. The molecule has 7 N–H and O–H groups in total. The van der Waals surface area contributed by atoms with E-state index in [1.807, 2.05) is 0 Å². The van der Waals surface area contributed by atoms with E-state index < -0.39 is 38.7 Å². The van der Waals surface area contributed by atoms with E-state index in [2.05, 4.69) is 4.99 Å². The van der Waals surface area contributed by atoms with Gasteiger partial charge in [0.2, 0.25) is 21.1 Å². The lowest BCUT2D eigenvalue weighted by Gasteiger charge is -2.40. The molecule has 0 aliphatic carbocycles. The van der Waals surface area contributed by atoms with Gasteiger partial charge in [-0.05, 0) is 52.7 Å². The summed E-state index contributed by atoms with van der Waals surface area (Å²) >= 11 is 0. The van der Waals surface area contributed by atoms with E-state index in [4.69, 9.17) is 17.2 Å². The van der Waals surface area contributed by atoms with Crippen molar-refractivity contribution in [2.75, 3.05) is 6.54 Å². The number of aryl methyl sites for hydroxylation is 1. The normalized spacial score (nSPS) is 13.9. The van der Waals surface area contributed by atoms with Gasteiger partial charge in [-0.1, -0.05) is 17.7 Å². The molecule has 0 aromatic heterocycles. The Balaban J connectivity index is 3.31. The number of nitrogens with zero attached hydrogens (tertiary/aromatic N) is 2. The van der Waals surface area contributed by atoms with E-state index >= 15 is 0 Å². The number of rotatable bonds is 9. The van der Waals surface area contributed by atoms with Crippen LogP contribution in [0.1, 0.15) is 39.2 Å². The van der Waals surface area contributed by atoms with E-state index in [1.54, 1.807) is 39.8 Å². The Bertz CT molecular complexity index is 887. The van der Waals surface area contributed by atoms with Crippen molar-refractivity contribution in [3.8, 4) is 0 Å². The van der Waals surface area contributed by atoms with Gasteiger partial charge in [0.05, 0.1) is 10.9 Å². The first-order valence-electron chi connectivity index (χ1n) is 9.37. The zero-order chi connectivity index (χ0) is 23.3. The van der Waals surface area contributed by atoms with Crippen molar-refractivity contribution in [3.05, 3.63) is 29.8 Å². The van der Waals surface area contributed by atoms with Crippen molar-refractivity contribution in [1.82, 2.24) is 4.90 Å². The minimum atomic E-state index is -4.42. The molecule has 1 amide bonds. The fourth-order valence-corrected chi connectivity index (χ4v) is 4.59. The monoisotopic (exact) mass is 441 g/mol. The van der Waals surface area contributed by atoms with Crippen molar-refractivity contribution in [1.29, 1.82) is 0 Å². The number of carboxylic acid groups (broad SMARTS) is 1. The fourth-order valence-electron chi connectivity index (χ4n) is 2.86. The Kier molecular flexibility index (Phi) is 8.37. The van der Waals surface area contributed by atoms with E-state index in [0.29, 0.717) is 6.42 Å². The summed E-state index contributed by atoms with van der Waals surface area (Å²) in [5.41, 5.74) is 16.2. The molecule has 1 aromatic carbocycles. The summed E-state index contributed by atoms with van der Waals surface area (Å²) in [7, 11) is -4.42. The summed E-state index contributed by atoms with van der Waals surface area (Å²) in [5, 5.41) is 7.68. The maximum atomic E-state index is 13.2. The first kappa shape index (κ1) is 25.4. The summed E-state index contributed by atoms with van der Waals surface area (Å²) < 4.78 is 26.3. The Morgan fingerprint density at radius 1 is 1.17 bits per heavy atom. The van der Waals surface area contributed by atoms with Crippen LogP contribution in [-0.2, 0) is 19.4 Å². The second-order valence-corrected chi connectivity index (χ2v) is 9.99. The van der Waals surface area contributed by atoms with Gasteiger partial charge in [-0.3, -0.25) is 9.79 Å². The van der Waals surface area contributed by atoms with Gasteiger partial charge in [-0.15, -0.1) is 0 Å². The Morgan fingerprint density at radius 3 is 2.13 bits per heavy atom. The number of benzene rings is 1. The molecule has 0 aliphatic rings. The number of sulfone groups is 1. The third-order valence-electron chi connectivity index (χ3n) is 4.33. The lowest BCUT2D eigenvalue weighted by Crippen LogP contribution is -2.61. The van der Waals surface area contributed by atoms with Crippen LogP contribution in [0.4, 0.5) is 0 Å². The molecule has 1 aromatic rings. The van der Waals surface area contributed by atoms with Gasteiger partial charge < -0.3 is 27.2 Å². The highest BCUT2D eigenvalue weighted by atomic mass is 32.2. The van der Waals surface area contributed by atoms with E-state index in [9.17, 15) is 23.1 Å². The number of hydrogen-bond acceptors (Lipinski definition) is 6. The van der Waals surface area contributed by atoms with Crippen molar-refractivity contribution in [2.45, 2.75) is 62.4 Å². The van der Waals surface area contributed by atoms with Crippen LogP contribution in [0.3, 0.4) is 0 Å². The van der Waals surface area contributed by atoms with E-state index in [-0.39, 0.29) is 23.8 Å². The number of guanidine groups is 1. The standard InChI is InChI=1S/C19H31N5O5S/c1-12-7-9-13(10-8-12)30(28,29)16(17(26)27)24(19(2,3)4)15(25)14(20)6-5-11-23-18(21)22/h7-10,14,16H,5-6,11,20H2,1-4H3,(H,26,27)(H4,21,22,23)/t14-,16-/m0/s1. The summed E-state index contributed by atoms with van der Waals surface area (Å²) in [6, 6.07) is 4.64. The van der Waals surface area contributed by atoms with Crippen LogP contribution < -0.4 is 17.2 Å². The van der Waals surface area contributed by atoms with Gasteiger partial charge in [0.1, 0.15) is 0 Å². The number of aliphatic imine (C=N–C) groups is 1. The van der Waals surface area contributed by atoms with Crippen molar-refractivity contribution >= 4 is 27.7 Å². The highest BCUT2D eigenvalue weighted by molar-refractivity contribution is 7.92. The summed E-state index contributed by atoms with van der Waals surface area (Å²) in [6.07, 6.45) is 0.518. The quantitative estimate of drug-likeness (QED) is 0.238. The average molecular weight is 442 g/mol. The molecule has 0 bridgehead atoms. The molecule has 1 rings (SSSR count). The SMILES string of the molecule is Cc1ccc(S(=O)(=O)[C@@H](C(=O)O)N(C(=O)[C@@H](N)CCCN=C(N)N)C(C)(C)C)cc1. The number of carbonyl (C=O) groups excluding carboxylic acids is 1. The third kappa shape index (κ3) is 6.42. The number of carboxylic acids is 1. The lowest BCUT2D eigenvalue weighted by molar-refractivity contribution is -0.151. The minimum Gasteiger partial charge on any atom is -0.479 e. The smallest absolute Gasteiger partial charge is 0.342 e. The first-order valence-corrected chi connectivity index (χ1v) is 10.9. The fraction of sp³-hybridized carbons (Fsp3) is 0.526. The van der Waals surface area contributed by atoms with E-state index in [1.165, 1.54) is 12.1 Å². The Labute approximate surface area is 177 Å². The second kappa shape index (κ2) is 9.90. The summed E-state index contributed by atoms with van der Waals surface area (Å²) in [6.45, 7) is 6.67. The number of carbonyl (C=O) groups is 2. The first-order chi connectivity index (χ1) is 13.7. The Hall–Kier alpha value is -2.66. The van der Waals surface area contributed by atoms with E-state index in [0.717, 1.165) is 10.5 Å². The molecule has 0 saturated heterocycles. The van der Waals surface area contributed by atoms with Crippen LogP contribution in [0.15, 0.2) is 34.2 Å². The average Bonchev–Trinajstić information content (AvgIpc) is 2.61. The third-order valence-corrected chi connectivity index (χ3v) is 6.26. The molecule has 168 valence electrons. The predicted octanol–water partition coefficient (Wildman–Crippen LogP) is 0.187. The zero-order valence-electron chi connectivity index (χ0n) is 17.7. The second-order valence-electron chi connectivity index (χ2n) is 7.98. The van der Waals surface area contributed by atoms with Crippen molar-refractivity contribution in [2.24, 2.45) is 22.2 Å². The van der Waals surface area contributed by atoms with Crippen LogP contribution in [0, 0.1) is 6.92 Å². The van der Waals surface area contributed by atoms with Gasteiger partial charge in [0, 0.05) is 12.1 Å². The molecule has 0 aliphatic heterocycles. The molecular formula is C19H31N5O5S. The number of aliphatic carboxylic acids is 1. The van der Waals surface area contributed by atoms with Crippen molar-refractivity contribution < 1.29 is 23.1 Å². The molecule has 0 fully saturated rings. The number of nitrogens with two attached hydrogens (primary N) is 3. The van der Waals surface area contributed by atoms with Gasteiger partial charge >= 0.3 is 5.97 Å². The Morgan fingerprint density at radius 2 is 1.70 bits per heavy atom. The molecule has 0 spiro atoms. The summed E-state index contributed by atoms with van der Waals surface area (Å²) in [5.74, 6) is -2.54. The number of amides is 1. The minimum absolute atomic E-state index is 0.0960. The maximum Gasteiger partial charge on any atom is 0.342 e. The van der Waals surface area contributed by atoms with Crippen LogP contribution in [0.5, 0.6) is 0 Å².